The number of hydrogen-bond donors (Lipinski definition) is 2. The second kappa shape index (κ2) is 7.83. The average Bonchev–Trinajstić information content (AvgIpc) is 3.22. The van der Waals surface area contributed by atoms with Gasteiger partial charge in [-0.1, -0.05) is 58.4 Å². The standard InChI is InChI=1S/C25H22BrNO6/c1-31-19-12-18-21(23(27-19)32-2)24(30)22(29)17(13-28)20(14-6-4-3-5-7-14)25(24,33-18)15-8-10-16(26)11-9-15/h3-13,17,20,22,29-30H,1-2H3/t17-,20-,22-,24+,25+/m1/s1. The van der Waals surface area contributed by atoms with Crippen molar-refractivity contribution in [1.82, 2.24) is 4.98 Å². The van der Waals surface area contributed by atoms with Crippen molar-refractivity contribution >= 4 is 22.2 Å². The Balaban J connectivity index is 1.88. The van der Waals surface area contributed by atoms with Crippen molar-refractivity contribution in [2.75, 3.05) is 14.2 Å². The summed E-state index contributed by atoms with van der Waals surface area (Å²) in [6.07, 6.45) is -0.805. The Morgan fingerprint density at radius 2 is 1.79 bits per heavy atom. The number of hydrogen-bond acceptors (Lipinski definition) is 7. The average molecular weight is 512 g/mol. The summed E-state index contributed by atoms with van der Waals surface area (Å²) in [4.78, 5) is 16.7. The number of pyridine rings is 1. The molecule has 5 rings (SSSR count). The van der Waals surface area contributed by atoms with Crippen LogP contribution in [-0.2, 0) is 16.0 Å². The largest absolute Gasteiger partial charge is 0.481 e. The van der Waals surface area contributed by atoms with Gasteiger partial charge in [-0.25, -0.2) is 0 Å². The van der Waals surface area contributed by atoms with Gasteiger partial charge < -0.3 is 29.2 Å². The highest BCUT2D eigenvalue weighted by Crippen LogP contribution is 2.69. The van der Waals surface area contributed by atoms with Gasteiger partial charge in [0.25, 0.3) is 0 Å². The first-order valence-corrected chi connectivity index (χ1v) is 11.2. The molecule has 1 saturated carbocycles. The molecule has 0 bridgehead atoms. The minimum atomic E-state index is -2.03. The maximum atomic E-state index is 12.4. The number of nitrogens with zero attached hydrogens (tertiary/aromatic N) is 1. The number of methoxy groups -OCH3 is 2. The van der Waals surface area contributed by atoms with Crippen LogP contribution in [0.15, 0.2) is 65.1 Å². The molecular weight excluding hydrogens is 490 g/mol. The molecule has 7 nitrogen and oxygen atoms in total. The molecule has 1 fully saturated rings. The van der Waals surface area contributed by atoms with Crippen molar-refractivity contribution in [3.8, 4) is 17.5 Å². The molecule has 8 heteroatoms. The Kier molecular flexibility index (Phi) is 5.19. The van der Waals surface area contributed by atoms with Crippen LogP contribution in [0.5, 0.6) is 17.5 Å². The van der Waals surface area contributed by atoms with Crippen LogP contribution in [-0.4, -0.2) is 41.8 Å². The number of aromatic nitrogens is 1. The zero-order valence-corrected chi connectivity index (χ0v) is 19.5. The van der Waals surface area contributed by atoms with E-state index in [1.165, 1.54) is 14.2 Å². The third-order valence-corrected chi connectivity index (χ3v) is 7.28. The minimum Gasteiger partial charge on any atom is -0.481 e. The second-order valence-corrected chi connectivity index (χ2v) is 9.12. The first-order valence-electron chi connectivity index (χ1n) is 10.4. The lowest BCUT2D eigenvalue weighted by molar-refractivity contribution is -0.153. The number of carbonyl (C=O) groups is 1. The van der Waals surface area contributed by atoms with Gasteiger partial charge in [-0.05, 0) is 23.3 Å². The predicted molar refractivity (Wildman–Crippen MR) is 122 cm³/mol. The number of halogens is 1. The van der Waals surface area contributed by atoms with Crippen LogP contribution in [0.3, 0.4) is 0 Å². The quantitative estimate of drug-likeness (QED) is 0.507. The molecule has 0 saturated heterocycles. The van der Waals surface area contributed by atoms with Gasteiger partial charge in [-0.2, -0.15) is 4.98 Å². The number of carbonyl (C=O) groups excluding carboxylic acids is 1. The Labute approximate surface area is 199 Å². The molecule has 5 atom stereocenters. The molecule has 0 radical (unpaired) electrons. The molecule has 2 N–H and O–H groups in total. The first kappa shape index (κ1) is 21.9. The molecule has 1 aliphatic heterocycles. The summed E-state index contributed by atoms with van der Waals surface area (Å²) in [5.41, 5.74) is -2.04. The van der Waals surface area contributed by atoms with Gasteiger partial charge in [-0.3, -0.25) is 0 Å². The van der Waals surface area contributed by atoms with Gasteiger partial charge in [0.15, 0.2) is 11.2 Å². The topological polar surface area (TPSA) is 98.1 Å². The van der Waals surface area contributed by atoms with Gasteiger partial charge in [0.1, 0.15) is 18.1 Å². The summed E-state index contributed by atoms with van der Waals surface area (Å²) in [5.74, 6) is -1.10. The molecule has 2 aromatic carbocycles. The molecule has 0 unspecified atom stereocenters. The number of aliphatic hydroxyl groups is 2. The lowest BCUT2D eigenvalue weighted by Gasteiger charge is -2.40. The number of fused-ring (bicyclic) bond motifs is 3. The van der Waals surface area contributed by atoms with E-state index in [1.807, 2.05) is 54.6 Å². The lowest BCUT2D eigenvalue weighted by Crippen LogP contribution is -2.52. The fraction of sp³-hybridized carbons (Fsp3) is 0.280. The van der Waals surface area contributed by atoms with Crippen molar-refractivity contribution in [2.24, 2.45) is 5.92 Å². The van der Waals surface area contributed by atoms with E-state index in [9.17, 15) is 15.0 Å². The van der Waals surface area contributed by atoms with Crippen molar-refractivity contribution in [3.05, 3.63) is 81.8 Å². The molecule has 1 aromatic heterocycles. The maximum absolute atomic E-state index is 12.4. The van der Waals surface area contributed by atoms with Crippen LogP contribution in [0.4, 0.5) is 0 Å². The molecule has 1 aliphatic carbocycles. The van der Waals surface area contributed by atoms with Crippen LogP contribution in [0.1, 0.15) is 22.6 Å². The second-order valence-electron chi connectivity index (χ2n) is 8.20. The van der Waals surface area contributed by atoms with Crippen LogP contribution in [0, 0.1) is 5.92 Å². The van der Waals surface area contributed by atoms with E-state index in [4.69, 9.17) is 14.2 Å². The van der Waals surface area contributed by atoms with E-state index < -0.39 is 29.1 Å². The summed E-state index contributed by atoms with van der Waals surface area (Å²) in [7, 11) is 2.88. The van der Waals surface area contributed by atoms with E-state index in [0.717, 1.165) is 10.0 Å². The summed E-state index contributed by atoms with van der Waals surface area (Å²) in [6, 6.07) is 18.1. The normalized spacial score (nSPS) is 29.7. The number of aldehydes is 1. The highest BCUT2D eigenvalue weighted by atomic mass is 79.9. The third kappa shape index (κ3) is 2.81. The fourth-order valence-electron chi connectivity index (χ4n) is 5.42. The van der Waals surface area contributed by atoms with E-state index in [2.05, 4.69) is 20.9 Å². The predicted octanol–water partition coefficient (Wildman–Crippen LogP) is 3.31. The van der Waals surface area contributed by atoms with Crippen LogP contribution in [0.25, 0.3) is 0 Å². The molecule has 33 heavy (non-hydrogen) atoms. The molecular formula is C25H22BrNO6. The Bertz CT molecular complexity index is 1200. The molecule has 170 valence electrons. The highest BCUT2D eigenvalue weighted by molar-refractivity contribution is 9.10. The van der Waals surface area contributed by atoms with E-state index in [-0.39, 0.29) is 23.1 Å². The minimum absolute atomic E-state index is 0.0586. The Morgan fingerprint density at radius 1 is 1.09 bits per heavy atom. The van der Waals surface area contributed by atoms with Gasteiger partial charge in [0.05, 0.1) is 25.7 Å². The fourth-order valence-corrected chi connectivity index (χ4v) is 5.69. The summed E-state index contributed by atoms with van der Waals surface area (Å²) < 4.78 is 18.2. The monoisotopic (exact) mass is 511 g/mol. The molecule has 0 amide bonds. The van der Waals surface area contributed by atoms with Crippen molar-refractivity contribution < 1.29 is 29.2 Å². The lowest BCUT2D eigenvalue weighted by atomic mass is 9.71. The van der Waals surface area contributed by atoms with Crippen molar-refractivity contribution in [1.29, 1.82) is 0 Å². The number of aliphatic hydroxyl groups excluding tert-OH is 1. The molecule has 2 heterocycles. The van der Waals surface area contributed by atoms with Crippen molar-refractivity contribution in [3.63, 3.8) is 0 Å². The Hall–Kier alpha value is -2.94. The third-order valence-electron chi connectivity index (χ3n) is 6.75. The van der Waals surface area contributed by atoms with Gasteiger partial charge in [0.2, 0.25) is 11.8 Å². The van der Waals surface area contributed by atoms with E-state index in [1.54, 1.807) is 6.07 Å². The van der Waals surface area contributed by atoms with Gasteiger partial charge >= 0.3 is 0 Å². The molecule has 3 aromatic rings. The maximum Gasteiger partial charge on any atom is 0.226 e. The molecule has 0 spiro atoms. The summed E-state index contributed by atoms with van der Waals surface area (Å²) >= 11 is 3.45. The molecule has 2 aliphatic rings. The number of benzene rings is 2. The van der Waals surface area contributed by atoms with E-state index in [0.29, 0.717) is 11.8 Å². The zero-order chi connectivity index (χ0) is 23.4. The van der Waals surface area contributed by atoms with Gasteiger partial charge in [-0.15, -0.1) is 0 Å². The van der Waals surface area contributed by atoms with Crippen LogP contribution in [0.2, 0.25) is 0 Å². The Morgan fingerprint density at radius 3 is 2.39 bits per heavy atom. The number of rotatable bonds is 5. The van der Waals surface area contributed by atoms with E-state index >= 15 is 0 Å². The smallest absolute Gasteiger partial charge is 0.226 e. The van der Waals surface area contributed by atoms with Gasteiger partial charge in [0, 0.05) is 16.5 Å². The first-order chi connectivity index (χ1) is 15.9. The highest BCUT2D eigenvalue weighted by Gasteiger charge is 2.77. The van der Waals surface area contributed by atoms with Crippen LogP contribution < -0.4 is 14.2 Å². The SMILES string of the molecule is COc1cc2c(c(OC)n1)[C@]1(O)[C@H](O)[C@H](C=O)[C@@H](c3ccccc3)[C@]1(c1ccc(Br)cc1)O2. The zero-order valence-electron chi connectivity index (χ0n) is 17.9. The summed E-state index contributed by atoms with van der Waals surface area (Å²) in [5, 5.41) is 24.0. The number of ether oxygens (including phenoxy) is 3. The summed E-state index contributed by atoms with van der Waals surface area (Å²) in [6.45, 7) is 0. The van der Waals surface area contributed by atoms with Crippen molar-refractivity contribution in [2.45, 2.75) is 23.2 Å². The van der Waals surface area contributed by atoms with Crippen LogP contribution >= 0.6 is 15.9 Å².